The van der Waals surface area contributed by atoms with Crippen LogP contribution in [-0.2, 0) is 16.4 Å². The molecular formula is C13H18FNO3S. The summed E-state index contributed by atoms with van der Waals surface area (Å²) in [5.41, 5.74) is 0.346. The van der Waals surface area contributed by atoms with Crippen LogP contribution in [0.3, 0.4) is 0 Å². The Morgan fingerprint density at radius 1 is 1.47 bits per heavy atom. The first-order chi connectivity index (χ1) is 8.84. The van der Waals surface area contributed by atoms with Crippen LogP contribution in [0.4, 0.5) is 4.39 Å². The van der Waals surface area contributed by atoms with E-state index in [1.165, 1.54) is 13.2 Å². The molecule has 1 heterocycles. The maximum Gasteiger partial charge on any atom is 0.165 e. The summed E-state index contributed by atoms with van der Waals surface area (Å²) in [6, 6.07) is 4.74. The molecule has 1 aromatic carbocycles. The number of ether oxygens (including phenoxy) is 1. The molecular weight excluding hydrogens is 269 g/mol. The predicted molar refractivity (Wildman–Crippen MR) is 71.5 cm³/mol. The van der Waals surface area contributed by atoms with Gasteiger partial charge in [0.2, 0.25) is 0 Å². The number of sulfone groups is 1. The van der Waals surface area contributed by atoms with Gasteiger partial charge in [-0.1, -0.05) is 6.07 Å². The van der Waals surface area contributed by atoms with E-state index in [0.29, 0.717) is 13.0 Å². The van der Waals surface area contributed by atoms with E-state index in [4.69, 9.17) is 4.74 Å². The van der Waals surface area contributed by atoms with Crippen LogP contribution in [0, 0.1) is 5.82 Å². The van der Waals surface area contributed by atoms with E-state index in [2.05, 4.69) is 5.32 Å². The topological polar surface area (TPSA) is 55.4 Å². The lowest BCUT2D eigenvalue weighted by Crippen LogP contribution is -2.42. The van der Waals surface area contributed by atoms with Crippen LogP contribution in [0.1, 0.15) is 18.9 Å². The normalized spacial score (nSPS) is 25.4. The van der Waals surface area contributed by atoms with Crippen LogP contribution in [0.5, 0.6) is 5.75 Å². The fraction of sp³-hybridized carbons (Fsp3) is 0.538. The first kappa shape index (κ1) is 14.3. The summed E-state index contributed by atoms with van der Waals surface area (Å²) < 4.78 is 41.3. The van der Waals surface area contributed by atoms with E-state index in [-0.39, 0.29) is 17.3 Å². The Morgan fingerprint density at radius 2 is 2.21 bits per heavy atom. The average molecular weight is 287 g/mol. The number of nitrogens with one attached hydrogen (secondary N) is 1. The van der Waals surface area contributed by atoms with Gasteiger partial charge in [0.1, 0.15) is 0 Å². The number of benzene rings is 1. The highest BCUT2D eigenvalue weighted by atomic mass is 32.2. The van der Waals surface area contributed by atoms with Gasteiger partial charge in [0, 0.05) is 12.1 Å². The molecule has 0 amide bonds. The largest absolute Gasteiger partial charge is 0.494 e. The Bertz CT molecular complexity index is 573. The highest BCUT2D eigenvalue weighted by Crippen LogP contribution is 2.24. The van der Waals surface area contributed by atoms with Gasteiger partial charge in [-0.05, 0) is 31.0 Å². The van der Waals surface area contributed by atoms with Crippen molar-refractivity contribution in [1.29, 1.82) is 0 Å². The van der Waals surface area contributed by atoms with Crippen molar-refractivity contribution in [3.05, 3.63) is 29.6 Å². The van der Waals surface area contributed by atoms with Gasteiger partial charge in [0.05, 0.1) is 18.6 Å². The van der Waals surface area contributed by atoms with Crippen LogP contribution in [0.25, 0.3) is 0 Å². The maximum absolute atomic E-state index is 13.5. The predicted octanol–water partition coefficient (Wildman–Crippen LogP) is 1.50. The number of hydrogen-bond acceptors (Lipinski definition) is 4. The van der Waals surface area contributed by atoms with Gasteiger partial charge in [0.15, 0.2) is 21.4 Å². The standard InChI is InChI=1S/C13H18FNO3S/c1-13(5-6-19(16,17)9-13)15-8-10-3-4-12(18-2)11(14)7-10/h3-4,7,15H,5-6,8-9H2,1-2H3. The molecule has 1 aliphatic rings. The van der Waals surface area contributed by atoms with Crippen LogP contribution in [0.2, 0.25) is 0 Å². The average Bonchev–Trinajstić information content (AvgIpc) is 2.62. The zero-order chi connectivity index (χ0) is 14.1. The van der Waals surface area contributed by atoms with E-state index < -0.39 is 21.2 Å². The van der Waals surface area contributed by atoms with Gasteiger partial charge in [0.25, 0.3) is 0 Å². The summed E-state index contributed by atoms with van der Waals surface area (Å²) in [5, 5.41) is 3.21. The summed E-state index contributed by atoms with van der Waals surface area (Å²) >= 11 is 0. The van der Waals surface area contributed by atoms with Crippen molar-refractivity contribution in [2.75, 3.05) is 18.6 Å². The quantitative estimate of drug-likeness (QED) is 0.912. The highest BCUT2D eigenvalue weighted by Gasteiger charge is 2.37. The third-order valence-electron chi connectivity index (χ3n) is 3.44. The first-order valence-electron chi connectivity index (χ1n) is 6.11. The Kier molecular flexibility index (Phi) is 3.82. The van der Waals surface area contributed by atoms with Crippen molar-refractivity contribution >= 4 is 9.84 Å². The molecule has 1 atom stereocenters. The molecule has 6 heteroatoms. The summed E-state index contributed by atoms with van der Waals surface area (Å²) in [4.78, 5) is 0. The van der Waals surface area contributed by atoms with Gasteiger partial charge in [-0.2, -0.15) is 0 Å². The second-order valence-electron chi connectivity index (χ2n) is 5.23. The van der Waals surface area contributed by atoms with Crippen LogP contribution in [-0.4, -0.2) is 32.6 Å². The number of rotatable bonds is 4. The molecule has 1 unspecified atom stereocenters. The molecule has 2 rings (SSSR count). The molecule has 4 nitrogen and oxygen atoms in total. The Morgan fingerprint density at radius 3 is 2.74 bits per heavy atom. The minimum Gasteiger partial charge on any atom is -0.494 e. The summed E-state index contributed by atoms with van der Waals surface area (Å²) in [6.07, 6.45) is 0.591. The second kappa shape index (κ2) is 5.09. The fourth-order valence-corrected chi connectivity index (χ4v) is 4.41. The maximum atomic E-state index is 13.5. The van der Waals surface area contributed by atoms with E-state index in [1.807, 2.05) is 6.92 Å². The Labute approximate surface area is 112 Å². The third-order valence-corrected chi connectivity index (χ3v) is 5.34. The van der Waals surface area contributed by atoms with Crippen molar-refractivity contribution in [3.63, 3.8) is 0 Å². The van der Waals surface area contributed by atoms with Gasteiger partial charge < -0.3 is 10.1 Å². The molecule has 106 valence electrons. The van der Waals surface area contributed by atoms with Gasteiger partial charge in [-0.25, -0.2) is 12.8 Å². The van der Waals surface area contributed by atoms with Crippen molar-refractivity contribution in [2.24, 2.45) is 0 Å². The monoisotopic (exact) mass is 287 g/mol. The Hall–Kier alpha value is -1.14. The van der Waals surface area contributed by atoms with Gasteiger partial charge >= 0.3 is 0 Å². The molecule has 1 aliphatic heterocycles. The lowest BCUT2D eigenvalue weighted by Gasteiger charge is -2.24. The molecule has 1 N–H and O–H groups in total. The molecule has 1 aromatic rings. The van der Waals surface area contributed by atoms with E-state index >= 15 is 0 Å². The van der Waals surface area contributed by atoms with E-state index in [9.17, 15) is 12.8 Å². The fourth-order valence-electron chi connectivity index (χ4n) is 2.29. The molecule has 0 bridgehead atoms. The smallest absolute Gasteiger partial charge is 0.165 e. The van der Waals surface area contributed by atoms with Crippen molar-refractivity contribution in [2.45, 2.75) is 25.4 Å². The van der Waals surface area contributed by atoms with Crippen molar-refractivity contribution in [3.8, 4) is 5.75 Å². The molecule has 19 heavy (non-hydrogen) atoms. The van der Waals surface area contributed by atoms with Crippen LogP contribution < -0.4 is 10.1 Å². The highest BCUT2D eigenvalue weighted by molar-refractivity contribution is 7.91. The van der Waals surface area contributed by atoms with Gasteiger partial charge in [-0.3, -0.25) is 0 Å². The molecule has 0 radical (unpaired) electrons. The van der Waals surface area contributed by atoms with Gasteiger partial charge in [-0.15, -0.1) is 0 Å². The Balaban J connectivity index is 2.01. The van der Waals surface area contributed by atoms with Crippen LogP contribution in [0.15, 0.2) is 18.2 Å². The lowest BCUT2D eigenvalue weighted by atomic mass is 10.0. The number of hydrogen-bond donors (Lipinski definition) is 1. The summed E-state index contributed by atoms with van der Waals surface area (Å²) in [5.74, 6) is 0.149. The molecule has 0 saturated carbocycles. The molecule has 1 fully saturated rings. The van der Waals surface area contributed by atoms with Crippen molar-refractivity contribution < 1.29 is 17.5 Å². The molecule has 1 saturated heterocycles. The van der Waals surface area contributed by atoms with Crippen molar-refractivity contribution in [1.82, 2.24) is 5.32 Å². The molecule has 0 aromatic heterocycles. The minimum absolute atomic E-state index is 0.138. The minimum atomic E-state index is -2.93. The third kappa shape index (κ3) is 3.45. The first-order valence-corrected chi connectivity index (χ1v) is 7.94. The SMILES string of the molecule is COc1ccc(CNC2(C)CCS(=O)(=O)C2)cc1F. The summed E-state index contributed by atoms with van der Waals surface area (Å²) in [7, 11) is -1.52. The lowest BCUT2D eigenvalue weighted by molar-refractivity contribution is 0.382. The van der Waals surface area contributed by atoms with Crippen LogP contribution >= 0.6 is 0 Å². The zero-order valence-electron chi connectivity index (χ0n) is 11.1. The zero-order valence-corrected chi connectivity index (χ0v) is 11.9. The second-order valence-corrected chi connectivity index (χ2v) is 7.41. The number of methoxy groups -OCH3 is 1. The molecule has 0 aliphatic carbocycles. The number of halogens is 1. The van der Waals surface area contributed by atoms with E-state index in [0.717, 1.165) is 5.56 Å². The summed E-state index contributed by atoms with van der Waals surface area (Å²) in [6.45, 7) is 2.32. The molecule has 0 spiro atoms. The van der Waals surface area contributed by atoms with E-state index in [1.54, 1.807) is 12.1 Å².